The summed E-state index contributed by atoms with van der Waals surface area (Å²) in [6, 6.07) is 0.506. The van der Waals surface area contributed by atoms with Gasteiger partial charge in [-0.2, -0.15) is 5.10 Å². The van der Waals surface area contributed by atoms with Gasteiger partial charge in [-0.3, -0.25) is 9.48 Å². The van der Waals surface area contributed by atoms with Gasteiger partial charge in [-0.05, 0) is 12.8 Å². The Kier molecular flexibility index (Phi) is 3.26. The number of rotatable bonds is 3. The number of nitrogens with one attached hydrogen (secondary N) is 1. The fourth-order valence-electron chi connectivity index (χ4n) is 1.97. The third kappa shape index (κ3) is 2.50. The van der Waals surface area contributed by atoms with Gasteiger partial charge in [-0.15, -0.1) is 11.6 Å². The maximum Gasteiger partial charge on any atom is 0.239 e. The molecule has 0 radical (unpaired) electrons. The van der Waals surface area contributed by atoms with Crippen LogP contribution in [0.1, 0.15) is 31.7 Å². The van der Waals surface area contributed by atoms with Crippen LogP contribution in [0.5, 0.6) is 0 Å². The first kappa shape index (κ1) is 10.5. The van der Waals surface area contributed by atoms with Crippen molar-refractivity contribution in [2.24, 2.45) is 0 Å². The lowest BCUT2D eigenvalue weighted by Crippen LogP contribution is -2.12. The quantitative estimate of drug-likeness (QED) is 0.805. The van der Waals surface area contributed by atoms with Gasteiger partial charge in [-0.25, -0.2) is 0 Å². The summed E-state index contributed by atoms with van der Waals surface area (Å²) < 4.78 is 1.94. The van der Waals surface area contributed by atoms with Crippen molar-refractivity contribution < 1.29 is 4.79 Å². The van der Waals surface area contributed by atoms with Crippen molar-refractivity contribution in [1.29, 1.82) is 0 Å². The Hall–Kier alpha value is -1.03. The van der Waals surface area contributed by atoms with E-state index < -0.39 is 0 Å². The first-order valence-corrected chi connectivity index (χ1v) is 5.73. The molecule has 0 aromatic carbocycles. The minimum absolute atomic E-state index is 0.0192. The van der Waals surface area contributed by atoms with E-state index in [1.807, 2.05) is 10.9 Å². The zero-order valence-corrected chi connectivity index (χ0v) is 9.20. The topological polar surface area (TPSA) is 46.9 Å². The molecule has 1 amide bonds. The fraction of sp³-hybridized carbons (Fsp3) is 0.600. The van der Waals surface area contributed by atoms with Crippen LogP contribution in [0.4, 0.5) is 5.69 Å². The van der Waals surface area contributed by atoms with E-state index in [2.05, 4.69) is 10.4 Å². The molecule has 1 aromatic rings. The molecule has 82 valence electrons. The van der Waals surface area contributed by atoms with Crippen LogP contribution in [0, 0.1) is 0 Å². The summed E-state index contributed by atoms with van der Waals surface area (Å²) in [7, 11) is 0. The number of carbonyl (C=O) groups excluding carboxylic acids is 1. The second kappa shape index (κ2) is 4.66. The Morgan fingerprint density at radius 1 is 1.60 bits per heavy atom. The highest BCUT2D eigenvalue weighted by molar-refractivity contribution is 6.29. The maximum atomic E-state index is 11.0. The third-order valence-corrected chi connectivity index (χ3v) is 2.95. The van der Waals surface area contributed by atoms with Crippen LogP contribution < -0.4 is 5.32 Å². The van der Waals surface area contributed by atoms with Crippen molar-refractivity contribution in [1.82, 2.24) is 9.78 Å². The molecular formula is C10H14ClN3O. The number of halogens is 1. The van der Waals surface area contributed by atoms with Crippen molar-refractivity contribution >= 4 is 23.2 Å². The predicted molar refractivity (Wildman–Crippen MR) is 59.1 cm³/mol. The molecule has 1 aliphatic carbocycles. The summed E-state index contributed by atoms with van der Waals surface area (Å²) in [4.78, 5) is 11.0. The van der Waals surface area contributed by atoms with Crippen molar-refractivity contribution in [2.75, 3.05) is 11.2 Å². The number of anilines is 1. The molecule has 0 unspecified atom stereocenters. The lowest BCUT2D eigenvalue weighted by atomic mass is 10.3. The normalized spacial score (nSPS) is 16.9. The Labute approximate surface area is 93.6 Å². The van der Waals surface area contributed by atoms with Crippen LogP contribution in [0.15, 0.2) is 12.4 Å². The molecule has 5 heteroatoms. The average Bonchev–Trinajstić information content (AvgIpc) is 2.85. The van der Waals surface area contributed by atoms with E-state index in [-0.39, 0.29) is 11.8 Å². The first-order chi connectivity index (χ1) is 7.29. The molecule has 1 saturated carbocycles. The number of hydrogen-bond donors (Lipinski definition) is 1. The van der Waals surface area contributed by atoms with Gasteiger partial charge in [0.25, 0.3) is 0 Å². The minimum atomic E-state index is -0.192. The molecule has 0 saturated heterocycles. The number of nitrogens with zero attached hydrogens (tertiary/aromatic N) is 2. The van der Waals surface area contributed by atoms with Crippen LogP contribution in [0.3, 0.4) is 0 Å². The summed E-state index contributed by atoms with van der Waals surface area (Å²) in [6.45, 7) is 0. The summed E-state index contributed by atoms with van der Waals surface area (Å²) in [5, 5.41) is 6.93. The van der Waals surface area contributed by atoms with Crippen LogP contribution in [0.25, 0.3) is 0 Å². The smallest absolute Gasteiger partial charge is 0.239 e. The fourth-order valence-corrected chi connectivity index (χ4v) is 2.03. The van der Waals surface area contributed by atoms with Gasteiger partial charge < -0.3 is 5.32 Å². The Bertz CT molecular complexity index is 344. The highest BCUT2D eigenvalue weighted by Crippen LogP contribution is 2.29. The molecule has 15 heavy (non-hydrogen) atoms. The number of carbonyl (C=O) groups is 1. The molecule has 0 aliphatic heterocycles. The maximum absolute atomic E-state index is 11.0. The molecular weight excluding hydrogens is 214 g/mol. The van der Waals surface area contributed by atoms with Crippen LogP contribution in [-0.2, 0) is 4.79 Å². The van der Waals surface area contributed by atoms with Crippen molar-refractivity contribution in [2.45, 2.75) is 31.7 Å². The Morgan fingerprint density at radius 3 is 3.00 bits per heavy atom. The summed E-state index contributed by atoms with van der Waals surface area (Å²) in [6.07, 6.45) is 8.46. The Balaban J connectivity index is 2.00. The van der Waals surface area contributed by atoms with Gasteiger partial charge in [0, 0.05) is 6.20 Å². The van der Waals surface area contributed by atoms with E-state index >= 15 is 0 Å². The number of hydrogen-bond acceptors (Lipinski definition) is 2. The number of aromatic nitrogens is 2. The molecule has 0 bridgehead atoms. The average molecular weight is 228 g/mol. The zero-order valence-electron chi connectivity index (χ0n) is 8.45. The minimum Gasteiger partial charge on any atom is -0.322 e. The first-order valence-electron chi connectivity index (χ1n) is 5.19. The van der Waals surface area contributed by atoms with E-state index in [0.29, 0.717) is 6.04 Å². The van der Waals surface area contributed by atoms with Crippen molar-refractivity contribution in [3.8, 4) is 0 Å². The SMILES string of the molecule is O=C(CCl)Nc1cnn(C2CCCC2)c1. The van der Waals surface area contributed by atoms with E-state index in [4.69, 9.17) is 11.6 Å². The van der Waals surface area contributed by atoms with Gasteiger partial charge in [0.05, 0.1) is 17.9 Å². The van der Waals surface area contributed by atoms with E-state index in [9.17, 15) is 4.79 Å². The third-order valence-electron chi connectivity index (χ3n) is 2.71. The van der Waals surface area contributed by atoms with Gasteiger partial charge in [0.15, 0.2) is 0 Å². The molecule has 1 aromatic heterocycles. The molecule has 1 heterocycles. The van der Waals surface area contributed by atoms with Crippen molar-refractivity contribution in [3.05, 3.63) is 12.4 Å². The predicted octanol–water partition coefficient (Wildman–Crippen LogP) is 2.18. The second-order valence-corrected chi connectivity index (χ2v) is 4.10. The zero-order chi connectivity index (χ0) is 10.7. The summed E-state index contributed by atoms with van der Waals surface area (Å²) in [5.74, 6) is -0.211. The highest BCUT2D eigenvalue weighted by atomic mass is 35.5. The highest BCUT2D eigenvalue weighted by Gasteiger charge is 2.17. The van der Waals surface area contributed by atoms with Gasteiger partial charge in [0.2, 0.25) is 5.91 Å². The van der Waals surface area contributed by atoms with Crippen LogP contribution in [-0.4, -0.2) is 21.6 Å². The van der Waals surface area contributed by atoms with E-state index in [1.165, 1.54) is 25.7 Å². The monoisotopic (exact) mass is 227 g/mol. The molecule has 1 fully saturated rings. The lowest BCUT2D eigenvalue weighted by Gasteiger charge is -2.08. The summed E-state index contributed by atoms with van der Waals surface area (Å²) in [5.41, 5.74) is 0.729. The molecule has 1 N–H and O–H groups in total. The van der Waals surface area contributed by atoms with Gasteiger partial charge in [0.1, 0.15) is 5.88 Å². The lowest BCUT2D eigenvalue weighted by molar-refractivity contribution is -0.113. The van der Waals surface area contributed by atoms with E-state index in [0.717, 1.165) is 5.69 Å². The molecule has 2 rings (SSSR count). The Morgan fingerprint density at radius 2 is 2.33 bits per heavy atom. The van der Waals surface area contributed by atoms with Gasteiger partial charge >= 0.3 is 0 Å². The number of amides is 1. The van der Waals surface area contributed by atoms with Crippen LogP contribution in [0.2, 0.25) is 0 Å². The molecule has 0 spiro atoms. The molecule has 0 atom stereocenters. The largest absolute Gasteiger partial charge is 0.322 e. The standard InChI is InChI=1S/C10H14ClN3O/c11-5-10(15)13-8-6-12-14(7-8)9-3-1-2-4-9/h6-7,9H,1-5H2,(H,13,15). The van der Waals surface area contributed by atoms with Crippen molar-refractivity contribution in [3.63, 3.8) is 0 Å². The number of alkyl halides is 1. The van der Waals surface area contributed by atoms with Gasteiger partial charge in [-0.1, -0.05) is 12.8 Å². The molecule has 1 aliphatic rings. The second-order valence-electron chi connectivity index (χ2n) is 3.83. The summed E-state index contributed by atoms with van der Waals surface area (Å²) >= 11 is 5.40. The van der Waals surface area contributed by atoms with Crippen LogP contribution >= 0.6 is 11.6 Å². The molecule has 4 nitrogen and oxygen atoms in total. The van der Waals surface area contributed by atoms with E-state index in [1.54, 1.807) is 6.20 Å².